The molecular weight excluding hydrogens is 376 g/mol. The van der Waals surface area contributed by atoms with Gasteiger partial charge in [0.05, 0.1) is 23.8 Å². The number of H-pyrrole nitrogens is 1. The van der Waals surface area contributed by atoms with Crippen molar-refractivity contribution in [2.45, 2.75) is 17.9 Å². The van der Waals surface area contributed by atoms with Crippen LogP contribution in [0.1, 0.15) is 11.8 Å². The third-order valence-corrected chi connectivity index (χ3v) is 6.52. The number of benzene rings is 1. The molecule has 0 saturated heterocycles. The molecule has 0 fully saturated rings. The van der Waals surface area contributed by atoms with Gasteiger partial charge < -0.3 is 10.3 Å². The molecule has 0 radical (unpaired) electrons. The van der Waals surface area contributed by atoms with Gasteiger partial charge in [0, 0.05) is 9.77 Å². The van der Waals surface area contributed by atoms with Gasteiger partial charge in [-0.1, -0.05) is 18.2 Å². The van der Waals surface area contributed by atoms with E-state index < -0.39 is 0 Å². The van der Waals surface area contributed by atoms with E-state index in [0.717, 1.165) is 22.7 Å². The lowest BCUT2D eigenvalue weighted by Crippen LogP contribution is -2.30. The minimum absolute atomic E-state index is 0.0303. The smallest absolute Gasteiger partial charge is 0.162 e. The van der Waals surface area contributed by atoms with Crippen LogP contribution >= 0.6 is 23.3 Å². The molecule has 0 amide bonds. The molecule has 0 unspecified atom stereocenters. The number of hydrogen-bond donors (Lipinski definition) is 2. The van der Waals surface area contributed by atoms with Gasteiger partial charge >= 0.3 is 0 Å². The van der Waals surface area contributed by atoms with E-state index in [9.17, 15) is 0 Å². The summed E-state index contributed by atoms with van der Waals surface area (Å²) in [6, 6.07) is 12.6. The molecular formula is C19H16N6S2. The van der Waals surface area contributed by atoms with Crippen molar-refractivity contribution < 1.29 is 0 Å². The Hall–Kier alpha value is -2.84. The van der Waals surface area contributed by atoms with Crippen LogP contribution in [0.4, 0.5) is 11.5 Å². The first kappa shape index (κ1) is 16.3. The van der Waals surface area contributed by atoms with Gasteiger partial charge in [-0.15, -0.1) is 11.3 Å². The average Bonchev–Trinajstić information content (AvgIpc) is 3.37. The van der Waals surface area contributed by atoms with Crippen LogP contribution in [0.2, 0.25) is 0 Å². The SMILES string of the molecule is C[C@H](Nc1ncnc2[nH]cnc12)C1=Cc2sccc2SN1c1ccccc1. The van der Waals surface area contributed by atoms with Gasteiger partial charge in [0.1, 0.15) is 11.8 Å². The molecule has 2 N–H and O–H groups in total. The lowest BCUT2D eigenvalue weighted by Gasteiger charge is -2.33. The van der Waals surface area contributed by atoms with E-state index >= 15 is 0 Å². The fourth-order valence-electron chi connectivity index (χ4n) is 3.05. The number of aromatic nitrogens is 4. The highest BCUT2D eigenvalue weighted by atomic mass is 32.2. The van der Waals surface area contributed by atoms with Crippen LogP contribution in [0.15, 0.2) is 65.0 Å². The van der Waals surface area contributed by atoms with Crippen LogP contribution in [0.25, 0.3) is 17.2 Å². The Labute approximate surface area is 164 Å². The first-order valence-electron chi connectivity index (χ1n) is 8.52. The van der Waals surface area contributed by atoms with Gasteiger partial charge in [-0.25, -0.2) is 15.0 Å². The normalized spacial score (nSPS) is 14.7. The van der Waals surface area contributed by atoms with E-state index in [-0.39, 0.29) is 6.04 Å². The number of nitrogens with one attached hydrogen (secondary N) is 2. The molecule has 0 aliphatic carbocycles. The zero-order valence-electron chi connectivity index (χ0n) is 14.5. The van der Waals surface area contributed by atoms with Gasteiger partial charge in [-0.05, 0) is 48.5 Å². The second-order valence-corrected chi connectivity index (χ2v) is 8.06. The lowest BCUT2D eigenvalue weighted by molar-refractivity contribution is 0.902. The summed E-state index contributed by atoms with van der Waals surface area (Å²) in [5.74, 6) is 0.727. The number of rotatable bonds is 4. The molecule has 0 saturated carbocycles. The van der Waals surface area contributed by atoms with E-state index in [2.05, 4.69) is 78.3 Å². The summed E-state index contributed by atoms with van der Waals surface area (Å²) in [6.45, 7) is 2.14. The molecule has 1 aromatic carbocycles. The number of para-hydroxylation sites is 1. The Morgan fingerprint density at radius 3 is 2.89 bits per heavy atom. The maximum absolute atomic E-state index is 4.39. The predicted molar refractivity (Wildman–Crippen MR) is 112 cm³/mol. The number of anilines is 2. The number of imidazole rings is 1. The Kier molecular flexibility index (Phi) is 4.06. The third kappa shape index (κ3) is 2.96. The Morgan fingerprint density at radius 1 is 1.11 bits per heavy atom. The second-order valence-electron chi connectivity index (χ2n) is 6.13. The van der Waals surface area contributed by atoms with Gasteiger partial charge in [0.25, 0.3) is 0 Å². The van der Waals surface area contributed by atoms with Crippen molar-refractivity contribution in [3.05, 3.63) is 65.0 Å². The number of thiophene rings is 1. The first-order valence-corrected chi connectivity index (χ1v) is 10.2. The topological polar surface area (TPSA) is 69.7 Å². The molecule has 27 heavy (non-hydrogen) atoms. The molecule has 4 heterocycles. The van der Waals surface area contributed by atoms with Crippen LogP contribution in [0.5, 0.6) is 0 Å². The molecule has 3 aromatic heterocycles. The quantitative estimate of drug-likeness (QED) is 0.487. The highest BCUT2D eigenvalue weighted by Crippen LogP contribution is 2.43. The molecule has 5 rings (SSSR count). The molecule has 0 spiro atoms. The summed E-state index contributed by atoms with van der Waals surface area (Å²) < 4.78 is 2.27. The van der Waals surface area contributed by atoms with E-state index in [4.69, 9.17) is 0 Å². The van der Waals surface area contributed by atoms with E-state index in [1.165, 1.54) is 15.5 Å². The third-order valence-electron chi connectivity index (χ3n) is 4.37. The minimum Gasteiger partial charge on any atom is -0.360 e. The summed E-state index contributed by atoms with van der Waals surface area (Å²) in [5, 5.41) is 5.65. The minimum atomic E-state index is 0.0303. The standard InChI is InChI=1S/C19H16N6S2/c1-12(24-19-17-18(21-10-20-17)22-11-23-19)14-9-16-15(7-8-26-16)27-25(14)13-5-3-2-4-6-13/h2-12H,1H3,(H2,20,21,22,23,24)/t12-/m0/s1. The zero-order valence-corrected chi connectivity index (χ0v) is 16.1. The van der Waals surface area contributed by atoms with Crippen LogP contribution < -0.4 is 9.62 Å². The summed E-state index contributed by atoms with van der Waals surface area (Å²) in [5.41, 5.74) is 3.79. The summed E-state index contributed by atoms with van der Waals surface area (Å²) in [4.78, 5) is 18.5. The monoisotopic (exact) mass is 392 g/mol. The van der Waals surface area contributed by atoms with Crippen molar-refractivity contribution in [1.82, 2.24) is 19.9 Å². The number of aromatic amines is 1. The van der Waals surface area contributed by atoms with Crippen molar-refractivity contribution in [2.75, 3.05) is 9.62 Å². The van der Waals surface area contributed by atoms with Gasteiger partial charge in [-0.3, -0.25) is 4.31 Å². The molecule has 8 heteroatoms. The second kappa shape index (κ2) is 6.71. The zero-order chi connectivity index (χ0) is 18.2. The molecule has 1 atom stereocenters. The van der Waals surface area contributed by atoms with E-state index in [1.807, 2.05) is 6.07 Å². The predicted octanol–water partition coefficient (Wildman–Crippen LogP) is 4.78. The van der Waals surface area contributed by atoms with Crippen LogP contribution in [-0.4, -0.2) is 26.0 Å². The molecule has 134 valence electrons. The van der Waals surface area contributed by atoms with Gasteiger partial charge in [0.15, 0.2) is 11.5 Å². The molecule has 6 nitrogen and oxygen atoms in total. The number of hydrogen-bond acceptors (Lipinski definition) is 7. The summed E-state index contributed by atoms with van der Waals surface area (Å²) in [6.07, 6.45) is 5.44. The van der Waals surface area contributed by atoms with Crippen LogP contribution in [0.3, 0.4) is 0 Å². The lowest BCUT2D eigenvalue weighted by atomic mass is 10.2. The number of fused-ring (bicyclic) bond motifs is 2. The molecule has 0 bridgehead atoms. The van der Waals surface area contributed by atoms with E-state index in [0.29, 0.717) is 0 Å². The van der Waals surface area contributed by atoms with Crippen molar-refractivity contribution in [3.8, 4) is 0 Å². The maximum atomic E-state index is 4.39. The van der Waals surface area contributed by atoms with Gasteiger partial charge in [0.2, 0.25) is 0 Å². The molecule has 1 aliphatic heterocycles. The fourth-order valence-corrected chi connectivity index (χ4v) is 5.13. The largest absolute Gasteiger partial charge is 0.360 e. The molecule has 1 aliphatic rings. The maximum Gasteiger partial charge on any atom is 0.162 e. The highest BCUT2D eigenvalue weighted by Gasteiger charge is 2.26. The average molecular weight is 393 g/mol. The molecule has 4 aromatic rings. The number of nitrogens with zero attached hydrogens (tertiary/aromatic N) is 4. The van der Waals surface area contributed by atoms with Crippen LogP contribution in [-0.2, 0) is 0 Å². The van der Waals surface area contributed by atoms with Crippen molar-refractivity contribution in [1.29, 1.82) is 0 Å². The summed E-state index contributed by atoms with van der Waals surface area (Å²) >= 11 is 3.51. The Bertz CT molecular complexity index is 1120. The highest BCUT2D eigenvalue weighted by molar-refractivity contribution is 8.01. The summed E-state index contributed by atoms with van der Waals surface area (Å²) in [7, 11) is 0. The van der Waals surface area contributed by atoms with Crippen molar-refractivity contribution >= 4 is 52.0 Å². The van der Waals surface area contributed by atoms with Crippen LogP contribution in [0, 0.1) is 0 Å². The first-order chi connectivity index (χ1) is 13.3. The fraction of sp³-hybridized carbons (Fsp3) is 0.105. The van der Waals surface area contributed by atoms with Crippen molar-refractivity contribution in [2.24, 2.45) is 0 Å². The Balaban J connectivity index is 1.53. The van der Waals surface area contributed by atoms with E-state index in [1.54, 1.807) is 35.9 Å². The van der Waals surface area contributed by atoms with Gasteiger partial charge in [-0.2, -0.15) is 0 Å². The Morgan fingerprint density at radius 2 is 2.00 bits per heavy atom. The van der Waals surface area contributed by atoms with Crippen molar-refractivity contribution in [3.63, 3.8) is 0 Å².